The van der Waals surface area contributed by atoms with Gasteiger partial charge in [0.25, 0.3) is 0 Å². The fraction of sp³-hybridized carbons (Fsp3) is 0.917. The van der Waals surface area contributed by atoms with Crippen LogP contribution in [0.15, 0.2) is 0 Å². The molecular formula is C12H25N3OS. The normalized spacial score (nSPS) is 20.0. The Balaban J connectivity index is 2.42. The smallest absolute Gasteiger partial charge is 0.221 e. The lowest BCUT2D eigenvalue weighted by Crippen LogP contribution is -2.45. The number of nitrogens with zero attached hydrogens (tertiary/aromatic N) is 1. The molecule has 1 aliphatic heterocycles. The number of nitrogens with one attached hydrogen (secondary N) is 1. The fourth-order valence-corrected chi connectivity index (χ4v) is 2.99. The Morgan fingerprint density at radius 3 is 2.82 bits per heavy atom. The van der Waals surface area contributed by atoms with Crippen molar-refractivity contribution in [1.29, 1.82) is 0 Å². The lowest BCUT2D eigenvalue weighted by Gasteiger charge is -2.29. The lowest BCUT2D eigenvalue weighted by atomic mass is 10.1. The number of carbonyl (C=O) groups excluding carboxylic acids is 1. The van der Waals surface area contributed by atoms with Crippen molar-refractivity contribution in [2.75, 3.05) is 31.1 Å². The van der Waals surface area contributed by atoms with Gasteiger partial charge in [0.15, 0.2) is 0 Å². The van der Waals surface area contributed by atoms with Gasteiger partial charge in [0.05, 0.1) is 0 Å². The zero-order valence-electron chi connectivity index (χ0n) is 10.9. The highest BCUT2D eigenvalue weighted by atomic mass is 32.2. The highest BCUT2D eigenvalue weighted by molar-refractivity contribution is 7.99. The second-order valence-corrected chi connectivity index (χ2v) is 6.04. The minimum absolute atomic E-state index is 0.118. The van der Waals surface area contributed by atoms with Crippen LogP contribution in [-0.4, -0.2) is 54.0 Å². The van der Waals surface area contributed by atoms with Gasteiger partial charge in [-0.2, -0.15) is 11.8 Å². The van der Waals surface area contributed by atoms with Crippen LogP contribution in [0.25, 0.3) is 0 Å². The van der Waals surface area contributed by atoms with Crippen molar-refractivity contribution in [3.8, 4) is 0 Å². The summed E-state index contributed by atoms with van der Waals surface area (Å²) in [6, 6.07) is 0.410. The number of nitrogens with two attached hydrogens (primary N) is 1. The predicted molar refractivity (Wildman–Crippen MR) is 74.3 cm³/mol. The third kappa shape index (κ3) is 5.75. The van der Waals surface area contributed by atoms with Gasteiger partial charge in [-0.15, -0.1) is 0 Å². The third-order valence-corrected chi connectivity index (χ3v) is 3.96. The van der Waals surface area contributed by atoms with Gasteiger partial charge >= 0.3 is 0 Å². The van der Waals surface area contributed by atoms with Crippen molar-refractivity contribution in [3.63, 3.8) is 0 Å². The zero-order chi connectivity index (χ0) is 12.7. The lowest BCUT2D eigenvalue weighted by molar-refractivity contribution is -0.122. The van der Waals surface area contributed by atoms with E-state index in [2.05, 4.69) is 10.2 Å². The maximum absolute atomic E-state index is 11.8. The Morgan fingerprint density at radius 1 is 1.41 bits per heavy atom. The molecule has 1 heterocycles. The molecule has 1 unspecified atom stereocenters. The molecule has 1 amide bonds. The fourth-order valence-electron chi connectivity index (χ4n) is 2.09. The first-order valence-corrected chi connectivity index (χ1v) is 7.60. The number of hydrogen-bond donors (Lipinski definition) is 2. The molecule has 0 radical (unpaired) electrons. The average molecular weight is 259 g/mol. The molecule has 5 heteroatoms. The molecule has 0 aromatic rings. The molecule has 1 saturated heterocycles. The van der Waals surface area contributed by atoms with Crippen molar-refractivity contribution in [2.45, 2.75) is 38.8 Å². The maximum Gasteiger partial charge on any atom is 0.221 e. The summed E-state index contributed by atoms with van der Waals surface area (Å²) in [6.07, 6.45) is 1.73. The van der Waals surface area contributed by atoms with E-state index in [9.17, 15) is 4.79 Å². The van der Waals surface area contributed by atoms with E-state index in [0.717, 1.165) is 18.8 Å². The minimum atomic E-state index is 0.118. The van der Waals surface area contributed by atoms with E-state index >= 15 is 0 Å². The molecule has 0 spiro atoms. The average Bonchev–Trinajstić information content (AvgIpc) is 2.53. The van der Waals surface area contributed by atoms with Gasteiger partial charge in [-0.1, -0.05) is 0 Å². The number of rotatable bonds is 5. The van der Waals surface area contributed by atoms with Gasteiger partial charge < -0.3 is 11.1 Å². The van der Waals surface area contributed by atoms with Crippen LogP contribution in [0.3, 0.4) is 0 Å². The summed E-state index contributed by atoms with van der Waals surface area (Å²) >= 11 is 1.99. The highest BCUT2D eigenvalue weighted by Gasteiger charge is 2.21. The molecule has 0 aliphatic carbocycles. The summed E-state index contributed by atoms with van der Waals surface area (Å²) < 4.78 is 0. The van der Waals surface area contributed by atoms with E-state index in [1.165, 1.54) is 12.2 Å². The number of carbonyl (C=O) groups is 1. The van der Waals surface area contributed by atoms with E-state index in [4.69, 9.17) is 5.73 Å². The number of amides is 1. The maximum atomic E-state index is 11.8. The molecular weight excluding hydrogens is 234 g/mol. The van der Waals surface area contributed by atoms with Crippen molar-refractivity contribution in [2.24, 2.45) is 5.73 Å². The van der Waals surface area contributed by atoms with Crippen LogP contribution in [0.2, 0.25) is 0 Å². The van der Waals surface area contributed by atoms with Crippen molar-refractivity contribution < 1.29 is 4.79 Å². The van der Waals surface area contributed by atoms with E-state index in [0.29, 0.717) is 13.0 Å². The van der Waals surface area contributed by atoms with Crippen LogP contribution in [0, 0.1) is 0 Å². The summed E-state index contributed by atoms with van der Waals surface area (Å²) in [5, 5.41) is 2.94. The Morgan fingerprint density at radius 2 is 2.18 bits per heavy atom. The highest BCUT2D eigenvalue weighted by Crippen LogP contribution is 2.13. The summed E-state index contributed by atoms with van der Waals surface area (Å²) in [5.41, 5.74) is 5.81. The zero-order valence-corrected chi connectivity index (χ0v) is 11.8. The number of thioether (sulfide) groups is 1. The molecule has 0 saturated carbocycles. The number of hydrogen-bond acceptors (Lipinski definition) is 4. The van der Waals surface area contributed by atoms with Gasteiger partial charge in [0.1, 0.15) is 0 Å². The standard InChI is InChI=1S/C12H25N3OS/c1-10(2)14-12(16)8-11(9-13)15-4-3-6-17-7-5-15/h10-11H,3-9,13H2,1-2H3,(H,14,16). The predicted octanol–water partition coefficient (Wildman–Crippen LogP) is 0.667. The van der Waals surface area contributed by atoms with E-state index in [-0.39, 0.29) is 18.0 Å². The van der Waals surface area contributed by atoms with Gasteiger partial charge in [0.2, 0.25) is 5.91 Å². The molecule has 3 N–H and O–H groups in total. The third-order valence-electron chi connectivity index (χ3n) is 2.92. The van der Waals surface area contributed by atoms with Crippen molar-refractivity contribution >= 4 is 17.7 Å². The molecule has 1 fully saturated rings. The van der Waals surface area contributed by atoms with Gasteiger partial charge in [-0.3, -0.25) is 9.69 Å². The molecule has 0 aromatic carbocycles. The van der Waals surface area contributed by atoms with Crippen LogP contribution < -0.4 is 11.1 Å². The Labute approximate surface area is 109 Å². The van der Waals surface area contributed by atoms with E-state index < -0.39 is 0 Å². The van der Waals surface area contributed by atoms with Crippen LogP contribution in [0.4, 0.5) is 0 Å². The van der Waals surface area contributed by atoms with Crippen LogP contribution in [0.5, 0.6) is 0 Å². The summed E-state index contributed by atoms with van der Waals surface area (Å²) in [5.74, 6) is 2.50. The quantitative estimate of drug-likeness (QED) is 0.762. The first-order chi connectivity index (χ1) is 8.13. The molecule has 1 aliphatic rings. The van der Waals surface area contributed by atoms with Gasteiger partial charge in [0, 0.05) is 37.3 Å². The van der Waals surface area contributed by atoms with Gasteiger partial charge in [-0.05, 0) is 32.6 Å². The molecule has 0 bridgehead atoms. The molecule has 17 heavy (non-hydrogen) atoms. The first kappa shape index (κ1) is 14.8. The second kappa shape index (κ2) is 7.95. The van der Waals surface area contributed by atoms with Gasteiger partial charge in [-0.25, -0.2) is 0 Å². The molecule has 1 rings (SSSR count). The monoisotopic (exact) mass is 259 g/mol. The Kier molecular flexibility index (Phi) is 6.92. The molecule has 1 atom stereocenters. The minimum Gasteiger partial charge on any atom is -0.354 e. The summed E-state index contributed by atoms with van der Waals surface area (Å²) in [4.78, 5) is 14.1. The van der Waals surface area contributed by atoms with Crippen molar-refractivity contribution in [3.05, 3.63) is 0 Å². The second-order valence-electron chi connectivity index (χ2n) is 4.82. The SMILES string of the molecule is CC(C)NC(=O)CC(CN)N1CCCSCC1. The van der Waals surface area contributed by atoms with E-state index in [1.807, 2.05) is 25.6 Å². The topological polar surface area (TPSA) is 58.4 Å². The Bertz CT molecular complexity index is 228. The summed E-state index contributed by atoms with van der Waals surface area (Å²) in [7, 11) is 0. The van der Waals surface area contributed by atoms with Crippen LogP contribution >= 0.6 is 11.8 Å². The van der Waals surface area contributed by atoms with Crippen LogP contribution in [0.1, 0.15) is 26.7 Å². The first-order valence-electron chi connectivity index (χ1n) is 6.44. The Hall–Kier alpha value is -0.260. The molecule has 0 aromatic heterocycles. The largest absolute Gasteiger partial charge is 0.354 e. The summed E-state index contributed by atoms with van der Waals surface area (Å²) in [6.45, 7) is 6.66. The molecule has 100 valence electrons. The molecule has 4 nitrogen and oxygen atoms in total. The van der Waals surface area contributed by atoms with E-state index in [1.54, 1.807) is 0 Å². The van der Waals surface area contributed by atoms with Crippen molar-refractivity contribution in [1.82, 2.24) is 10.2 Å². The van der Waals surface area contributed by atoms with Crippen LogP contribution in [-0.2, 0) is 4.79 Å².